The van der Waals surface area contributed by atoms with Gasteiger partial charge in [-0.2, -0.15) is 0 Å². The minimum absolute atomic E-state index is 0.256. The zero-order valence-electron chi connectivity index (χ0n) is 5.00. The monoisotopic (exact) mass is 130 g/mol. The summed E-state index contributed by atoms with van der Waals surface area (Å²) in [5.41, 5.74) is 5.32. The van der Waals surface area contributed by atoms with E-state index in [-0.39, 0.29) is 5.91 Å². The summed E-state index contributed by atoms with van der Waals surface area (Å²) in [6, 6.07) is -0.423. The lowest BCUT2D eigenvalue weighted by Crippen LogP contribution is -2.50. The van der Waals surface area contributed by atoms with Crippen LogP contribution in [-0.2, 0) is 4.79 Å². The van der Waals surface area contributed by atoms with Crippen molar-refractivity contribution in [3.05, 3.63) is 0 Å². The molecule has 0 aromatic rings. The van der Waals surface area contributed by atoms with Crippen molar-refractivity contribution in [1.82, 2.24) is 5.32 Å². The van der Waals surface area contributed by atoms with Crippen molar-refractivity contribution in [3.63, 3.8) is 0 Å². The van der Waals surface area contributed by atoms with Crippen molar-refractivity contribution in [2.75, 3.05) is 0 Å². The van der Waals surface area contributed by atoms with E-state index in [0.29, 0.717) is 12.8 Å². The molecule has 1 saturated heterocycles. The third-order valence-electron chi connectivity index (χ3n) is 1.40. The molecule has 2 atom stereocenters. The van der Waals surface area contributed by atoms with Crippen LogP contribution in [0.25, 0.3) is 0 Å². The first-order valence-electron chi connectivity index (χ1n) is 2.94. The molecule has 1 aliphatic rings. The van der Waals surface area contributed by atoms with E-state index in [1.165, 1.54) is 0 Å². The van der Waals surface area contributed by atoms with Gasteiger partial charge >= 0.3 is 0 Å². The van der Waals surface area contributed by atoms with Crippen molar-refractivity contribution in [3.8, 4) is 0 Å². The normalized spacial score (nSPS) is 36.0. The number of aliphatic hydroxyl groups excluding tert-OH is 1. The molecule has 0 aliphatic carbocycles. The van der Waals surface area contributed by atoms with Crippen molar-refractivity contribution in [1.29, 1.82) is 0 Å². The van der Waals surface area contributed by atoms with Gasteiger partial charge in [-0.1, -0.05) is 0 Å². The minimum Gasteiger partial charge on any atom is -0.374 e. The van der Waals surface area contributed by atoms with E-state index in [1.54, 1.807) is 0 Å². The number of nitrogens with two attached hydrogens (primary N) is 1. The molecule has 0 saturated carbocycles. The summed E-state index contributed by atoms with van der Waals surface area (Å²) in [6.07, 6.45) is 0.456. The number of amides is 1. The van der Waals surface area contributed by atoms with Crippen LogP contribution < -0.4 is 11.1 Å². The van der Waals surface area contributed by atoms with Gasteiger partial charge in [-0.25, -0.2) is 0 Å². The lowest BCUT2D eigenvalue weighted by molar-refractivity contribution is -0.128. The van der Waals surface area contributed by atoms with Crippen LogP contribution in [0.1, 0.15) is 12.8 Å². The molecule has 1 fully saturated rings. The van der Waals surface area contributed by atoms with Crippen molar-refractivity contribution < 1.29 is 9.90 Å². The molecular weight excluding hydrogens is 120 g/mol. The molecule has 4 nitrogen and oxygen atoms in total. The summed E-state index contributed by atoms with van der Waals surface area (Å²) < 4.78 is 0. The molecular formula is C5H10N2O2. The predicted molar refractivity (Wildman–Crippen MR) is 31.4 cm³/mol. The van der Waals surface area contributed by atoms with Crippen molar-refractivity contribution in [2.24, 2.45) is 5.73 Å². The summed E-state index contributed by atoms with van der Waals surface area (Å²) in [6.45, 7) is 0. The van der Waals surface area contributed by atoms with E-state index in [1.807, 2.05) is 0 Å². The fourth-order valence-corrected chi connectivity index (χ4v) is 0.812. The van der Waals surface area contributed by atoms with Gasteiger partial charge in [0, 0.05) is 0 Å². The van der Waals surface area contributed by atoms with Crippen LogP contribution in [0.15, 0.2) is 0 Å². The Morgan fingerprint density at radius 1 is 1.67 bits per heavy atom. The average Bonchev–Trinajstić information content (AvgIpc) is 1.80. The van der Waals surface area contributed by atoms with Crippen LogP contribution in [0.4, 0.5) is 0 Å². The molecule has 9 heavy (non-hydrogen) atoms. The van der Waals surface area contributed by atoms with Crippen LogP contribution in [-0.4, -0.2) is 23.3 Å². The molecule has 0 aromatic heterocycles. The number of aliphatic hydroxyl groups is 1. The van der Waals surface area contributed by atoms with Crippen LogP contribution >= 0.6 is 0 Å². The summed E-state index contributed by atoms with van der Waals surface area (Å²) >= 11 is 0. The lowest BCUT2D eigenvalue weighted by Gasteiger charge is -2.22. The Kier molecular flexibility index (Phi) is 1.68. The standard InChI is InChI=1S/C5H10N2O2/c6-3-1-2-4(8)7-5(3)9/h3-4,8H,1-2,6H2,(H,7,9)/t3?,4-/m0/s1. The Bertz CT molecular complexity index is 126. The summed E-state index contributed by atoms with van der Waals surface area (Å²) in [5.74, 6) is -0.256. The van der Waals surface area contributed by atoms with Crippen LogP contribution in [0, 0.1) is 0 Å². The van der Waals surface area contributed by atoms with Gasteiger partial charge in [0.2, 0.25) is 5.91 Å². The molecule has 52 valence electrons. The highest BCUT2D eigenvalue weighted by molar-refractivity contribution is 5.82. The minimum atomic E-state index is -0.683. The fourth-order valence-electron chi connectivity index (χ4n) is 0.812. The number of rotatable bonds is 0. The van der Waals surface area contributed by atoms with Crippen LogP contribution in [0.3, 0.4) is 0 Å². The highest BCUT2D eigenvalue weighted by atomic mass is 16.3. The maximum Gasteiger partial charge on any atom is 0.238 e. The van der Waals surface area contributed by atoms with Crippen molar-refractivity contribution >= 4 is 5.91 Å². The smallest absolute Gasteiger partial charge is 0.238 e. The fraction of sp³-hybridized carbons (Fsp3) is 0.800. The van der Waals surface area contributed by atoms with E-state index >= 15 is 0 Å². The molecule has 4 N–H and O–H groups in total. The third kappa shape index (κ3) is 1.40. The number of nitrogens with one attached hydrogen (secondary N) is 1. The maximum absolute atomic E-state index is 10.6. The highest BCUT2D eigenvalue weighted by Crippen LogP contribution is 2.03. The molecule has 1 amide bonds. The van der Waals surface area contributed by atoms with Gasteiger partial charge in [-0.05, 0) is 12.8 Å². The first-order valence-corrected chi connectivity index (χ1v) is 2.94. The Labute approximate surface area is 53.0 Å². The summed E-state index contributed by atoms with van der Waals surface area (Å²) in [7, 11) is 0. The number of hydrogen-bond acceptors (Lipinski definition) is 3. The Morgan fingerprint density at radius 2 is 2.33 bits per heavy atom. The van der Waals surface area contributed by atoms with Crippen LogP contribution in [0.5, 0.6) is 0 Å². The second kappa shape index (κ2) is 2.33. The second-order valence-corrected chi connectivity index (χ2v) is 2.21. The summed E-state index contributed by atoms with van der Waals surface area (Å²) in [5, 5.41) is 11.1. The predicted octanol–water partition coefficient (Wildman–Crippen LogP) is -1.46. The lowest BCUT2D eigenvalue weighted by atomic mass is 10.1. The molecule has 0 radical (unpaired) electrons. The van der Waals surface area contributed by atoms with Gasteiger partial charge in [0.05, 0.1) is 6.04 Å². The molecule has 0 aromatic carbocycles. The van der Waals surface area contributed by atoms with Crippen molar-refractivity contribution in [2.45, 2.75) is 25.1 Å². The van der Waals surface area contributed by atoms with E-state index in [9.17, 15) is 4.79 Å². The molecule has 1 aliphatic heterocycles. The SMILES string of the molecule is NC1CC[C@H](O)NC1=O. The van der Waals surface area contributed by atoms with Gasteiger partial charge in [0.15, 0.2) is 0 Å². The topological polar surface area (TPSA) is 75.3 Å². The van der Waals surface area contributed by atoms with E-state index in [0.717, 1.165) is 0 Å². The molecule has 1 heterocycles. The first-order chi connectivity index (χ1) is 4.20. The third-order valence-corrected chi connectivity index (χ3v) is 1.40. The van der Waals surface area contributed by atoms with Gasteiger partial charge in [0.1, 0.15) is 6.23 Å². The molecule has 1 rings (SSSR count). The zero-order valence-corrected chi connectivity index (χ0v) is 5.00. The van der Waals surface area contributed by atoms with Gasteiger partial charge < -0.3 is 16.2 Å². The van der Waals surface area contributed by atoms with Gasteiger partial charge in [-0.3, -0.25) is 4.79 Å². The quantitative estimate of drug-likeness (QED) is 0.375. The number of carbonyl (C=O) groups is 1. The second-order valence-electron chi connectivity index (χ2n) is 2.21. The number of carbonyl (C=O) groups excluding carboxylic acids is 1. The van der Waals surface area contributed by atoms with E-state index in [4.69, 9.17) is 10.8 Å². The molecule has 1 unspecified atom stereocenters. The maximum atomic E-state index is 10.6. The number of hydrogen-bond donors (Lipinski definition) is 3. The summed E-state index contributed by atoms with van der Waals surface area (Å²) in [4.78, 5) is 10.6. The molecule has 0 spiro atoms. The van der Waals surface area contributed by atoms with Crippen LogP contribution in [0.2, 0.25) is 0 Å². The van der Waals surface area contributed by atoms with Gasteiger partial charge in [-0.15, -0.1) is 0 Å². The highest BCUT2D eigenvalue weighted by Gasteiger charge is 2.22. The Balaban J connectivity index is 2.44. The van der Waals surface area contributed by atoms with E-state index in [2.05, 4.69) is 5.32 Å². The largest absolute Gasteiger partial charge is 0.374 e. The molecule has 4 heteroatoms. The Morgan fingerprint density at radius 3 is 2.78 bits per heavy atom. The first kappa shape index (κ1) is 6.51. The zero-order chi connectivity index (χ0) is 6.85. The molecule has 0 bridgehead atoms. The van der Waals surface area contributed by atoms with Gasteiger partial charge in [0.25, 0.3) is 0 Å². The Hall–Kier alpha value is -0.610. The number of piperidine rings is 1. The van der Waals surface area contributed by atoms with E-state index < -0.39 is 12.3 Å². The average molecular weight is 130 g/mol.